The van der Waals surface area contributed by atoms with Crippen LogP contribution < -0.4 is 9.00 Å². The Balaban J connectivity index is 0.000000193. The minimum absolute atomic E-state index is 0.700. The van der Waals surface area contributed by atoms with Crippen molar-refractivity contribution in [3.05, 3.63) is 156 Å². The van der Waals surface area contributed by atoms with Crippen molar-refractivity contribution in [1.29, 1.82) is 0 Å². The van der Waals surface area contributed by atoms with Gasteiger partial charge in [0.25, 0.3) is 0 Å². The second kappa shape index (κ2) is 24.3. The van der Waals surface area contributed by atoms with Crippen LogP contribution in [0.5, 0.6) is 0 Å². The van der Waals surface area contributed by atoms with E-state index in [1.807, 2.05) is 76.5 Å². The normalized spacial score (nSPS) is 11.9. The van der Waals surface area contributed by atoms with Crippen LogP contribution in [0, 0.1) is 22.9 Å². The van der Waals surface area contributed by atoms with Crippen LogP contribution in [-0.4, -0.2) is 38.6 Å². The maximum Gasteiger partial charge on any atom is 0.129 e. The summed E-state index contributed by atoms with van der Waals surface area (Å²) >= 11 is 14.3. The largest absolute Gasteiger partial charge is 0.175 e. The Labute approximate surface area is 469 Å². The maximum absolute atomic E-state index is 5.44. The van der Waals surface area contributed by atoms with Crippen LogP contribution in [-0.2, 0) is 5.75 Å². The van der Waals surface area contributed by atoms with Crippen LogP contribution >= 0.6 is 92.2 Å². The molecule has 12 heteroatoms. The minimum atomic E-state index is -1.50. The number of halogens is 1. The van der Waals surface area contributed by atoms with Crippen molar-refractivity contribution in [1.82, 2.24) is 0 Å². The van der Waals surface area contributed by atoms with Crippen molar-refractivity contribution < 1.29 is 0 Å². The van der Waals surface area contributed by atoms with Crippen LogP contribution in [0.4, 0.5) is 0 Å². The standard InChI is InChI=1S/C32H32S4Si2.C22H28S2Si2.C6H5ClS/c1-37(2,3)31-29(33-23-13-9-7-10-14-23)25-17-21-20-28-26(18-22(21)19-27(25)35-31)30(32(36-28)38(4,5)6)34-24-15-11-8-12-16-24;1-24-22-15-20-12-17(8-10-25(2,3)4)21(16-23)14-19(20)13-18(22)9-11-26(5,6)7;7-8-6-4-2-1-3-5-6/h7-20H,1-6H3;12-15,23H,16H2,1-7H3;1-5H. The highest BCUT2D eigenvalue weighted by atomic mass is 35.7. The molecule has 2 aromatic heterocycles. The van der Waals surface area contributed by atoms with Crippen molar-refractivity contribution in [2.75, 3.05) is 6.26 Å². The third-order valence-corrected chi connectivity index (χ3v) is 27.4. The first kappa shape index (κ1) is 56.7. The van der Waals surface area contributed by atoms with E-state index in [0.29, 0.717) is 5.75 Å². The Morgan fingerprint density at radius 3 is 1.25 bits per heavy atom. The Morgan fingerprint density at radius 2 is 0.875 bits per heavy atom. The molecule has 0 spiro atoms. The van der Waals surface area contributed by atoms with Crippen LogP contribution in [0.25, 0.3) is 41.7 Å². The maximum atomic E-state index is 5.44. The highest BCUT2D eigenvalue weighted by molar-refractivity contribution is 8.21. The van der Waals surface area contributed by atoms with Crippen molar-refractivity contribution in [3.8, 4) is 22.9 Å². The molecule has 0 aliphatic carbocycles. The van der Waals surface area contributed by atoms with Gasteiger partial charge in [-0.3, -0.25) is 0 Å². The van der Waals surface area contributed by atoms with E-state index in [4.69, 9.17) is 10.7 Å². The van der Waals surface area contributed by atoms with E-state index in [9.17, 15) is 0 Å². The topological polar surface area (TPSA) is 0 Å². The first-order chi connectivity index (χ1) is 34.0. The molecular formula is C60H65ClS7Si4. The van der Waals surface area contributed by atoms with Gasteiger partial charge in [-0.05, 0) is 140 Å². The van der Waals surface area contributed by atoms with Gasteiger partial charge < -0.3 is 0 Å². The Kier molecular flexibility index (Phi) is 19.2. The van der Waals surface area contributed by atoms with E-state index in [1.54, 1.807) is 20.8 Å². The lowest BCUT2D eigenvalue weighted by Crippen LogP contribution is -2.36. The van der Waals surface area contributed by atoms with Crippen LogP contribution in [0.2, 0.25) is 78.6 Å². The zero-order valence-corrected chi connectivity index (χ0v) is 54.3. The molecule has 0 saturated heterocycles. The van der Waals surface area contributed by atoms with Gasteiger partial charge in [0.2, 0.25) is 0 Å². The predicted molar refractivity (Wildman–Crippen MR) is 349 cm³/mol. The van der Waals surface area contributed by atoms with Gasteiger partial charge in [0.15, 0.2) is 0 Å². The molecule has 0 radical (unpaired) electrons. The van der Waals surface area contributed by atoms with Gasteiger partial charge in [-0.1, -0.05) is 169 Å². The number of fused-ring (bicyclic) bond motifs is 4. The molecule has 0 bridgehead atoms. The van der Waals surface area contributed by atoms with Gasteiger partial charge in [0.1, 0.15) is 16.1 Å². The van der Waals surface area contributed by atoms with E-state index in [1.165, 1.54) is 82.7 Å². The van der Waals surface area contributed by atoms with Crippen LogP contribution in [0.1, 0.15) is 16.7 Å². The minimum Gasteiger partial charge on any atom is -0.175 e. The Morgan fingerprint density at radius 1 is 0.486 bits per heavy atom. The molecule has 9 aromatic rings. The van der Waals surface area contributed by atoms with Gasteiger partial charge in [-0.2, -0.15) is 12.6 Å². The number of benzene rings is 7. The van der Waals surface area contributed by atoms with Crippen molar-refractivity contribution >= 4 is 175 Å². The summed E-state index contributed by atoms with van der Waals surface area (Å²) in [6, 6.07) is 50.4. The molecule has 7 aromatic carbocycles. The summed E-state index contributed by atoms with van der Waals surface area (Å²) in [6.45, 7) is 28.5. The van der Waals surface area contributed by atoms with E-state index >= 15 is 0 Å². The first-order valence-corrected chi connectivity index (χ1v) is 44.9. The monoisotopic (exact) mass is 1160 g/mol. The number of rotatable bonds is 9. The quantitative estimate of drug-likeness (QED) is 0.0662. The van der Waals surface area contributed by atoms with E-state index in [-0.39, 0.29) is 0 Å². The first-order valence-electron chi connectivity index (χ1n) is 24.1. The zero-order chi connectivity index (χ0) is 52.0. The van der Waals surface area contributed by atoms with Gasteiger partial charge in [-0.15, -0.1) is 45.5 Å². The SMILES string of the molecule is CSc1cc2cc(C#C[Si](C)(C)C)c(CS)cc2cc1C#C[Si](C)(C)C.C[Si](C)(C)c1sc2cc3cc4c(Sc5ccccc5)c([Si](C)(C)C)sc4cc3cc2c1Sc1ccccc1.ClSc1ccccc1. The number of thiol groups is 1. The highest BCUT2D eigenvalue weighted by Crippen LogP contribution is 2.43. The highest BCUT2D eigenvalue weighted by Gasteiger charge is 2.28. The Hall–Kier alpha value is -2.99. The lowest BCUT2D eigenvalue weighted by Gasteiger charge is -2.16. The fraction of sp³-hybridized carbons (Fsp3) is 0.233. The third-order valence-electron chi connectivity index (χ3n) is 11.2. The average Bonchev–Trinajstić information content (AvgIpc) is 3.88. The zero-order valence-electron chi connectivity index (χ0n) is 43.8. The molecule has 0 unspecified atom stereocenters. The predicted octanol–water partition coefficient (Wildman–Crippen LogP) is 20.0. The summed E-state index contributed by atoms with van der Waals surface area (Å²) < 4.78 is 6.07. The summed E-state index contributed by atoms with van der Waals surface area (Å²) in [4.78, 5) is 7.93. The summed E-state index contributed by atoms with van der Waals surface area (Å²) in [6.07, 6.45) is 2.12. The van der Waals surface area contributed by atoms with Crippen LogP contribution in [0.3, 0.4) is 0 Å². The fourth-order valence-electron chi connectivity index (χ4n) is 7.66. The molecule has 0 aliphatic rings. The molecule has 0 atom stereocenters. The lowest BCUT2D eigenvalue weighted by atomic mass is 10.0. The second-order valence-corrected chi connectivity index (χ2v) is 48.6. The van der Waals surface area contributed by atoms with E-state index < -0.39 is 32.3 Å². The molecule has 0 saturated carbocycles. The molecule has 72 heavy (non-hydrogen) atoms. The van der Waals surface area contributed by atoms with Gasteiger partial charge in [-0.25, -0.2) is 0 Å². The van der Waals surface area contributed by atoms with E-state index in [0.717, 1.165) is 16.0 Å². The van der Waals surface area contributed by atoms with Gasteiger partial charge in [0, 0.05) is 75.4 Å². The summed E-state index contributed by atoms with van der Waals surface area (Å²) in [7, 11) is 0.876. The smallest absolute Gasteiger partial charge is 0.129 e. The molecule has 0 nitrogen and oxygen atoms in total. The summed E-state index contributed by atoms with van der Waals surface area (Å²) in [5.74, 6) is 7.57. The van der Waals surface area contributed by atoms with Crippen molar-refractivity contribution in [2.45, 2.75) is 114 Å². The molecule has 2 heterocycles. The average molecular weight is 1160 g/mol. The van der Waals surface area contributed by atoms with Gasteiger partial charge >= 0.3 is 0 Å². The number of thioether (sulfide) groups is 1. The van der Waals surface area contributed by atoms with Crippen molar-refractivity contribution in [3.63, 3.8) is 0 Å². The second-order valence-electron chi connectivity index (χ2n) is 21.9. The molecule has 0 fully saturated rings. The molecule has 9 rings (SSSR count). The number of thiophene rings is 2. The number of hydrogen-bond donors (Lipinski definition) is 1. The molecule has 0 N–H and O–H groups in total. The molecule has 0 aliphatic heterocycles. The summed E-state index contributed by atoms with van der Waals surface area (Å²) in [5, 5.41) is 8.03. The van der Waals surface area contributed by atoms with Crippen LogP contribution in [0.15, 0.2) is 169 Å². The fourth-order valence-corrected chi connectivity index (χ4v) is 21.2. The van der Waals surface area contributed by atoms with E-state index in [2.05, 4.69) is 230 Å². The molecule has 370 valence electrons. The lowest BCUT2D eigenvalue weighted by molar-refractivity contribution is 1.40. The molecule has 0 amide bonds. The number of hydrogen-bond acceptors (Lipinski definition) is 7. The molecular weight excluding hydrogens is 1090 g/mol. The Bertz CT molecular complexity index is 3250. The summed E-state index contributed by atoms with van der Waals surface area (Å²) in [5.41, 5.74) is 10.4. The van der Waals surface area contributed by atoms with Crippen molar-refractivity contribution in [2.24, 2.45) is 0 Å². The third kappa shape index (κ3) is 15.1. The van der Waals surface area contributed by atoms with Gasteiger partial charge in [0.05, 0.1) is 16.1 Å².